The van der Waals surface area contributed by atoms with E-state index in [1.165, 1.54) is 5.57 Å². The summed E-state index contributed by atoms with van der Waals surface area (Å²) in [5.74, 6) is 0.178. The highest BCUT2D eigenvalue weighted by Gasteiger charge is 2.70. The van der Waals surface area contributed by atoms with Gasteiger partial charge in [0.05, 0.1) is 31.3 Å². The quantitative estimate of drug-likeness (QED) is 0.1000. The summed E-state index contributed by atoms with van der Waals surface area (Å²) in [5.41, 5.74) is -0.924. The molecule has 9 N–H and O–H groups in total. The minimum atomic E-state index is -1.67. The minimum absolute atomic E-state index is 0.0464. The van der Waals surface area contributed by atoms with Gasteiger partial charge in [0.25, 0.3) is 0 Å². The summed E-state index contributed by atoms with van der Waals surface area (Å²) in [6, 6.07) is 0. The Morgan fingerprint density at radius 1 is 0.732 bits per heavy atom. The number of esters is 1. The van der Waals surface area contributed by atoms with E-state index in [-0.39, 0.29) is 46.5 Å². The fourth-order valence-electron chi connectivity index (χ4n) is 13.8. The van der Waals surface area contributed by atoms with Crippen LogP contribution in [-0.2, 0) is 23.7 Å². The Balaban J connectivity index is 1.18. The molecule has 0 amide bonds. The van der Waals surface area contributed by atoms with E-state index in [0.717, 1.165) is 38.5 Å². The first-order chi connectivity index (χ1) is 26.3. The SMILES string of the molecule is C[C@H]1[C@H](C)CC[C@]2(C(=O)O[C@@H]3O[C@H](CO)[C@@H](O)[C@H](O)[C@H]3O)CC[C@]3(C)C(=CC[C@@H]4[C@@]5(C)CC[C@H](O[C@@H]6O[C@H](CO)[C@@H](O)[C@H](O)[C@H]6O)[C@@](C)(CO)[C@@H]5CC[C@]43C)[C@H]12. The molecule has 0 spiro atoms. The van der Waals surface area contributed by atoms with Gasteiger partial charge >= 0.3 is 5.97 Å². The van der Waals surface area contributed by atoms with E-state index < -0.39 is 97.5 Å². The molecule has 21 atom stereocenters. The maximum atomic E-state index is 14.6. The third-order valence-electron chi connectivity index (χ3n) is 17.7. The van der Waals surface area contributed by atoms with Gasteiger partial charge in [-0.15, -0.1) is 0 Å². The number of rotatable bonds is 7. The van der Waals surface area contributed by atoms with E-state index in [9.17, 15) is 50.8 Å². The Morgan fingerprint density at radius 2 is 1.34 bits per heavy atom. The molecule has 320 valence electrons. The Bertz CT molecular complexity index is 1490. The Hall–Kier alpha value is -1.27. The zero-order valence-corrected chi connectivity index (χ0v) is 33.9. The molecule has 2 aliphatic heterocycles. The van der Waals surface area contributed by atoms with E-state index in [1.54, 1.807) is 0 Å². The summed E-state index contributed by atoms with van der Waals surface area (Å²) >= 11 is 0. The summed E-state index contributed by atoms with van der Waals surface area (Å²) in [7, 11) is 0. The number of carbonyl (C=O) groups excluding carboxylic acids is 1. The van der Waals surface area contributed by atoms with Crippen molar-refractivity contribution < 1.29 is 69.7 Å². The van der Waals surface area contributed by atoms with Gasteiger partial charge < -0.3 is 64.9 Å². The summed E-state index contributed by atoms with van der Waals surface area (Å²) in [4.78, 5) is 14.6. The number of allylic oxidation sites excluding steroid dienone is 2. The maximum Gasteiger partial charge on any atom is 0.315 e. The molecule has 0 bridgehead atoms. The Kier molecular flexibility index (Phi) is 11.5. The molecule has 14 nitrogen and oxygen atoms in total. The Morgan fingerprint density at radius 3 is 1.95 bits per heavy atom. The number of aliphatic hydroxyl groups excluding tert-OH is 9. The van der Waals surface area contributed by atoms with Gasteiger partial charge in [-0.1, -0.05) is 53.2 Å². The molecular formula is C42H68O14. The molecule has 0 aromatic heterocycles. The molecule has 0 aromatic rings. The van der Waals surface area contributed by atoms with E-state index in [4.69, 9.17) is 18.9 Å². The van der Waals surface area contributed by atoms with Crippen LogP contribution in [-0.4, -0.2) is 139 Å². The minimum Gasteiger partial charge on any atom is -0.432 e. The van der Waals surface area contributed by atoms with Gasteiger partial charge in [0.15, 0.2) is 6.29 Å². The number of ether oxygens (including phenoxy) is 4. The van der Waals surface area contributed by atoms with Gasteiger partial charge in [0.2, 0.25) is 6.29 Å². The van der Waals surface area contributed by atoms with Crippen LogP contribution in [0.15, 0.2) is 11.6 Å². The highest BCUT2D eigenvalue weighted by Crippen LogP contribution is 2.76. The van der Waals surface area contributed by atoms with Crippen molar-refractivity contribution in [2.24, 2.45) is 56.7 Å². The van der Waals surface area contributed by atoms with Crippen molar-refractivity contribution in [3.8, 4) is 0 Å². The summed E-state index contributed by atoms with van der Waals surface area (Å²) in [5, 5.41) is 94.0. The number of hydrogen-bond donors (Lipinski definition) is 9. The molecule has 4 saturated carbocycles. The van der Waals surface area contributed by atoms with Crippen LogP contribution in [0.2, 0.25) is 0 Å². The first kappa shape index (κ1) is 42.8. The lowest BCUT2D eigenvalue weighted by molar-refractivity contribution is -0.333. The average Bonchev–Trinajstić information content (AvgIpc) is 3.17. The van der Waals surface area contributed by atoms with Crippen molar-refractivity contribution in [1.82, 2.24) is 0 Å². The molecule has 0 radical (unpaired) electrons. The summed E-state index contributed by atoms with van der Waals surface area (Å²) in [6.45, 7) is 12.3. The van der Waals surface area contributed by atoms with Crippen LogP contribution < -0.4 is 0 Å². The molecule has 0 unspecified atom stereocenters. The van der Waals surface area contributed by atoms with Gasteiger partial charge in [-0.25, -0.2) is 0 Å². The zero-order valence-electron chi connectivity index (χ0n) is 33.9. The maximum absolute atomic E-state index is 14.6. The first-order valence-corrected chi connectivity index (χ1v) is 21.1. The van der Waals surface area contributed by atoms with Crippen LogP contribution in [0.5, 0.6) is 0 Å². The van der Waals surface area contributed by atoms with Gasteiger partial charge in [-0.3, -0.25) is 4.79 Å². The van der Waals surface area contributed by atoms with Crippen LogP contribution >= 0.6 is 0 Å². The van der Waals surface area contributed by atoms with E-state index in [0.29, 0.717) is 25.2 Å². The zero-order chi connectivity index (χ0) is 40.9. The van der Waals surface area contributed by atoms with Gasteiger partial charge in [0.1, 0.15) is 48.8 Å². The molecule has 6 fully saturated rings. The highest BCUT2D eigenvalue weighted by atomic mass is 16.7. The van der Waals surface area contributed by atoms with Gasteiger partial charge in [-0.05, 0) is 104 Å². The third kappa shape index (κ3) is 6.05. The lowest BCUT2D eigenvalue weighted by Crippen LogP contribution is -2.67. The number of carbonyl (C=O) groups is 1. The molecule has 7 aliphatic rings. The van der Waals surface area contributed by atoms with Crippen LogP contribution in [0.4, 0.5) is 0 Å². The fraction of sp³-hybridized carbons (Fsp3) is 0.929. The topological polar surface area (TPSA) is 236 Å². The highest BCUT2D eigenvalue weighted by molar-refractivity contribution is 5.79. The smallest absolute Gasteiger partial charge is 0.315 e. The van der Waals surface area contributed by atoms with Crippen molar-refractivity contribution in [2.45, 2.75) is 167 Å². The third-order valence-corrected chi connectivity index (χ3v) is 17.7. The van der Waals surface area contributed by atoms with E-state index in [2.05, 4.69) is 40.7 Å². The second kappa shape index (κ2) is 15.0. The molecule has 56 heavy (non-hydrogen) atoms. The molecular weight excluding hydrogens is 728 g/mol. The second-order valence-electron chi connectivity index (χ2n) is 19.9. The number of hydrogen-bond acceptors (Lipinski definition) is 14. The lowest BCUT2D eigenvalue weighted by Gasteiger charge is -2.71. The van der Waals surface area contributed by atoms with Crippen molar-refractivity contribution in [3.63, 3.8) is 0 Å². The molecule has 2 saturated heterocycles. The largest absolute Gasteiger partial charge is 0.432 e. The van der Waals surface area contributed by atoms with Crippen LogP contribution in [0, 0.1) is 56.7 Å². The van der Waals surface area contributed by atoms with Gasteiger partial charge in [-0.2, -0.15) is 0 Å². The molecule has 14 heteroatoms. The van der Waals surface area contributed by atoms with Crippen LogP contribution in [0.1, 0.15) is 99.3 Å². The van der Waals surface area contributed by atoms with E-state index >= 15 is 0 Å². The molecule has 5 aliphatic carbocycles. The average molecular weight is 797 g/mol. The van der Waals surface area contributed by atoms with Crippen molar-refractivity contribution in [3.05, 3.63) is 11.6 Å². The molecule has 2 heterocycles. The van der Waals surface area contributed by atoms with Crippen molar-refractivity contribution in [2.75, 3.05) is 19.8 Å². The summed E-state index contributed by atoms with van der Waals surface area (Å²) in [6.07, 6.45) is -6.05. The van der Waals surface area contributed by atoms with Crippen molar-refractivity contribution in [1.29, 1.82) is 0 Å². The normalized spacial score (nSPS) is 55.8. The number of fused-ring (bicyclic) bond motifs is 7. The van der Waals surface area contributed by atoms with Crippen LogP contribution in [0.25, 0.3) is 0 Å². The summed E-state index contributed by atoms with van der Waals surface area (Å²) < 4.78 is 23.8. The van der Waals surface area contributed by atoms with Crippen molar-refractivity contribution >= 4 is 5.97 Å². The monoisotopic (exact) mass is 796 g/mol. The Labute approximate surface area is 330 Å². The van der Waals surface area contributed by atoms with Crippen LogP contribution in [0.3, 0.4) is 0 Å². The van der Waals surface area contributed by atoms with Gasteiger partial charge in [0, 0.05) is 5.41 Å². The standard InChI is InChI=1S/C42H68O14/c1-20-9-14-42(37(52)56-36-34(51)32(49)30(47)24(18-44)54-36)16-15-40(5)22(28(42)21(20)2)7-8-26-38(3)12-11-27(39(4,19-45)25(38)10-13-41(26,40)6)55-35-33(50)31(48)29(46)23(17-43)53-35/h7,20-21,23-36,43-51H,8-19H2,1-6H3/t20-,21+,23-,24-,25-,26-,27+,28+,29-,30-,31+,32+,33-,34-,35+,36+,38+,39+,40-,41-,42+/m1/s1. The second-order valence-corrected chi connectivity index (χ2v) is 19.9. The first-order valence-electron chi connectivity index (χ1n) is 21.1. The predicted molar refractivity (Wildman–Crippen MR) is 199 cm³/mol. The molecule has 0 aromatic carbocycles. The molecule has 7 rings (SSSR count). The lowest BCUT2D eigenvalue weighted by atomic mass is 9.33. The van der Waals surface area contributed by atoms with E-state index in [1.807, 2.05) is 6.92 Å². The number of aliphatic hydroxyl groups is 9. The predicted octanol–water partition coefficient (Wildman–Crippen LogP) is 1.14. The fourth-order valence-corrected chi connectivity index (χ4v) is 13.8.